The first-order chi connectivity index (χ1) is 13.8. The molecule has 1 aliphatic heterocycles. The van der Waals surface area contributed by atoms with E-state index >= 15 is 0 Å². The zero-order valence-electron chi connectivity index (χ0n) is 15.3. The lowest BCUT2D eigenvalue weighted by Gasteiger charge is -2.27. The molecular formula is C23H19NO3S. The molecule has 0 saturated carbocycles. The van der Waals surface area contributed by atoms with E-state index in [1.807, 2.05) is 24.3 Å². The Morgan fingerprint density at radius 1 is 0.893 bits per heavy atom. The number of morpholine rings is 1. The highest BCUT2D eigenvalue weighted by Gasteiger charge is 2.17. The summed E-state index contributed by atoms with van der Waals surface area (Å²) in [6.45, 7) is 2.74. The first-order valence-electron chi connectivity index (χ1n) is 9.33. The number of fused-ring (bicyclic) bond motifs is 1. The molecule has 0 atom stereocenters. The van der Waals surface area contributed by atoms with E-state index in [9.17, 15) is 4.79 Å². The van der Waals surface area contributed by atoms with Crippen LogP contribution in [0.5, 0.6) is 0 Å². The molecule has 0 radical (unpaired) electrons. The molecule has 0 amide bonds. The highest BCUT2D eigenvalue weighted by molar-refractivity contribution is 7.13. The molecule has 1 aliphatic rings. The quantitative estimate of drug-likeness (QED) is 0.493. The van der Waals surface area contributed by atoms with Gasteiger partial charge in [-0.3, -0.25) is 4.79 Å². The number of hydrogen-bond donors (Lipinski definition) is 0. The number of thiophene rings is 1. The second kappa shape index (κ2) is 7.26. The van der Waals surface area contributed by atoms with Crippen molar-refractivity contribution in [2.24, 2.45) is 0 Å². The Bertz CT molecular complexity index is 1170. The molecule has 4 nitrogen and oxygen atoms in total. The molecule has 5 heteroatoms. The lowest BCUT2D eigenvalue weighted by atomic mass is 10.0. The number of anilines is 1. The van der Waals surface area contributed by atoms with Gasteiger partial charge >= 0.3 is 0 Å². The number of ether oxygens (including phenoxy) is 1. The molecule has 3 heterocycles. The Hall–Kier alpha value is -2.89. The topological polar surface area (TPSA) is 42.7 Å². The number of benzene rings is 2. The summed E-state index contributed by atoms with van der Waals surface area (Å²) in [4.78, 5) is 16.1. The van der Waals surface area contributed by atoms with Crippen LogP contribution in [0.1, 0.15) is 0 Å². The van der Waals surface area contributed by atoms with Crippen molar-refractivity contribution in [3.05, 3.63) is 76.3 Å². The zero-order valence-corrected chi connectivity index (χ0v) is 16.1. The molecule has 0 spiro atoms. The lowest BCUT2D eigenvalue weighted by molar-refractivity contribution is 0.121. The van der Waals surface area contributed by atoms with E-state index in [4.69, 9.17) is 9.15 Å². The maximum absolute atomic E-state index is 12.8. The fourth-order valence-corrected chi connectivity index (χ4v) is 4.34. The molecule has 28 heavy (non-hydrogen) atoms. The maximum Gasteiger partial charge on any atom is 0.200 e. The highest BCUT2D eigenvalue weighted by atomic mass is 32.1. The molecule has 5 rings (SSSR count). The predicted octanol–water partition coefficient (Wildman–Crippen LogP) is 5.03. The molecule has 0 bridgehead atoms. The van der Waals surface area contributed by atoms with Crippen LogP contribution in [0.4, 0.5) is 5.88 Å². The van der Waals surface area contributed by atoms with Gasteiger partial charge < -0.3 is 14.1 Å². The molecular weight excluding hydrogens is 370 g/mol. The van der Waals surface area contributed by atoms with E-state index in [2.05, 4.69) is 40.6 Å². The van der Waals surface area contributed by atoms with Gasteiger partial charge in [-0.05, 0) is 34.7 Å². The molecule has 4 aromatic rings. The average molecular weight is 389 g/mol. The largest absolute Gasteiger partial charge is 0.440 e. The minimum Gasteiger partial charge on any atom is -0.440 e. The van der Waals surface area contributed by atoms with Gasteiger partial charge in [0.05, 0.1) is 18.6 Å². The van der Waals surface area contributed by atoms with Crippen molar-refractivity contribution in [3.63, 3.8) is 0 Å². The Morgan fingerprint density at radius 3 is 2.54 bits per heavy atom. The third-order valence-corrected chi connectivity index (χ3v) is 5.96. The summed E-state index contributed by atoms with van der Waals surface area (Å²) in [5.74, 6) is 0.614. The summed E-state index contributed by atoms with van der Waals surface area (Å²) in [7, 11) is 0. The highest BCUT2D eigenvalue weighted by Crippen LogP contribution is 2.33. The second-order valence-corrected chi connectivity index (χ2v) is 7.74. The first-order valence-corrected chi connectivity index (χ1v) is 10.2. The van der Waals surface area contributed by atoms with Crippen molar-refractivity contribution in [2.45, 2.75) is 0 Å². The third kappa shape index (κ3) is 3.13. The van der Waals surface area contributed by atoms with Gasteiger partial charge in [-0.25, -0.2) is 0 Å². The van der Waals surface area contributed by atoms with Crippen molar-refractivity contribution in [3.8, 4) is 21.6 Å². The van der Waals surface area contributed by atoms with Crippen LogP contribution in [0.2, 0.25) is 0 Å². The van der Waals surface area contributed by atoms with Crippen LogP contribution >= 0.6 is 11.3 Å². The van der Waals surface area contributed by atoms with Gasteiger partial charge in [0.15, 0.2) is 11.3 Å². The van der Waals surface area contributed by atoms with E-state index in [1.54, 1.807) is 17.4 Å². The fraction of sp³-hybridized carbons (Fsp3) is 0.174. The number of nitrogens with zero attached hydrogens (tertiary/aromatic N) is 1. The minimum absolute atomic E-state index is 0.0148. The summed E-state index contributed by atoms with van der Waals surface area (Å²) in [5, 5.41) is 2.68. The molecule has 0 aliphatic carbocycles. The van der Waals surface area contributed by atoms with Crippen LogP contribution in [0, 0.1) is 0 Å². The summed E-state index contributed by atoms with van der Waals surface area (Å²) >= 11 is 1.72. The molecule has 1 saturated heterocycles. The predicted molar refractivity (Wildman–Crippen MR) is 114 cm³/mol. The van der Waals surface area contributed by atoms with Crippen LogP contribution in [-0.4, -0.2) is 26.3 Å². The molecule has 2 aromatic carbocycles. The number of hydrogen-bond acceptors (Lipinski definition) is 5. The summed E-state index contributed by atoms with van der Waals surface area (Å²) in [6.07, 6.45) is 0. The summed E-state index contributed by atoms with van der Waals surface area (Å²) < 4.78 is 11.7. The van der Waals surface area contributed by atoms with Crippen molar-refractivity contribution in [2.75, 3.05) is 31.2 Å². The summed E-state index contributed by atoms with van der Waals surface area (Å²) in [6, 6.07) is 19.9. The molecule has 0 N–H and O–H groups in total. The van der Waals surface area contributed by atoms with Crippen molar-refractivity contribution < 1.29 is 9.15 Å². The Labute approximate surface area is 166 Å². The number of rotatable bonds is 3. The van der Waals surface area contributed by atoms with Crippen LogP contribution in [0.3, 0.4) is 0 Å². The normalized spacial score (nSPS) is 14.5. The van der Waals surface area contributed by atoms with Crippen molar-refractivity contribution >= 4 is 28.2 Å². The Kier molecular flexibility index (Phi) is 4.47. The van der Waals surface area contributed by atoms with Gasteiger partial charge in [0, 0.05) is 29.6 Å². The maximum atomic E-state index is 12.8. The van der Waals surface area contributed by atoms with Crippen molar-refractivity contribution in [1.29, 1.82) is 0 Å². The number of para-hydroxylation sites is 1. The van der Waals surface area contributed by atoms with E-state index in [0.29, 0.717) is 30.1 Å². The van der Waals surface area contributed by atoms with Gasteiger partial charge in [0.2, 0.25) is 0 Å². The third-order valence-electron chi connectivity index (χ3n) is 5.04. The average Bonchev–Trinajstić information content (AvgIpc) is 3.29. The monoisotopic (exact) mass is 389 g/mol. The molecule has 140 valence electrons. The smallest absolute Gasteiger partial charge is 0.200 e. The van der Waals surface area contributed by atoms with Gasteiger partial charge in [0.25, 0.3) is 0 Å². The Morgan fingerprint density at radius 2 is 1.71 bits per heavy atom. The van der Waals surface area contributed by atoms with Crippen LogP contribution in [-0.2, 0) is 4.74 Å². The summed E-state index contributed by atoms with van der Waals surface area (Å²) in [5.41, 5.74) is 3.76. The van der Waals surface area contributed by atoms with Gasteiger partial charge in [-0.2, -0.15) is 0 Å². The SMILES string of the molecule is O=c1cc(N2CCOCC2)oc2c(-c3cccc(-c4cccs4)c3)cccc12. The molecule has 2 aromatic heterocycles. The van der Waals surface area contributed by atoms with Gasteiger partial charge in [0.1, 0.15) is 5.58 Å². The van der Waals surface area contributed by atoms with E-state index in [-0.39, 0.29) is 5.43 Å². The Balaban J connectivity index is 1.66. The van der Waals surface area contributed by atoms with Crippen LogP contribution in [0.25, 0.3) is 32.5 Å². The molecule has 1 fully saturated rings. The zero-order chi connectivity index (χ0) is 18.9. The second-order valence-electron chi connectivity index (χ2n) is 6.79. The van der Waals surface area contributed by atoms with E-state index in [0.717, 1.165) is 29.8 Å². The van der Waals surface area contributed by atoms with Crippen LogP contribution < -0.4 is 10.3 Å². The fourth-order valence-electron chi connectivity index (χ4n) is 3.61. The minimum atomic E-state index is -0.0148. The van der Waals surface area contributed by atoms with E-state index < -0.39 is 0 Å². The molecule has 0 unspecified atom stereocenters. The van der Waals surface area contributed by atoms with Crippen molar-refractivity contribution in [1.82, 2.24) is 0 Å². The first kappa shape index (κ1) is 17.2. The van der Waals surface area contributed by atoms with E-state index in [1.165, 1.54) is 4.88 Å². The van der Waals surface area contributed by atoms with Gasteiger partial charge in [-0.15, -0.1) is 11.3 Å². The van der Waals surface area contributed by atoms with Crippen LogP contribution in [0.15, 0.2) is 75.3 Å². The lowest BCUT2D eigenvalue weighted by Crippen LogP contribution is -2.36. The van der Waals surface area contributed by atoms with Gasteiger partial charge in [-0.1, -0.05) is 36.4 Å². The standard InChI is InChI=1S/C23H19NO3S/c25-20-15-22(24-9-11-26-12-10-24)27-23-18(6-2-7-19(20)23)16-4-1-5-17(14-16)21-8-3-13-28-21/h1-8,13-15H,9-12H2.